The van der Waals surface area contributed by atoms with Gasteiger partial charge in [0, 0.05) is 20.8 Å². The summed E-state index contributed by atoms with van der Waals surface area (Å²) in [5, 5.41) is 2.32. The first-order chi connectivity index (χ1) is 12.8. The molecule has 0 aliphatic rings. The molecule has 5 rings (SSSR count). The van der Waals surface area contributed by atoms with E-state index in [4.69, 9.17) is 4.42 Å². The van der Waals surface area contributed by atoms with Gasteiger partial charge >= 0.3 is 0 Å². The molecule has 0 unspecified atom stereocenters. The van der Waals surface area contributed by atoms with E-state index in [1.54, 1.807) is 0 Å². The van der Waals surface area contributed by atoms with E-state index in [2.05, 4.69) is 94.8 Å². The van der Waals surface area contributed by atoms with E-state index in [9.17, 15) is 0 Å². The zero-order valence-corrected chi connectivity index (χ0v) is 15.5. The second-order valence-corrected chi connectivity index (χ2v) is 7.28. The lowest BCUT2D eigenvalue weighted by Crippen LogP contribution is -1.82. The summed E-state index contributed by atoms with van der Waals surface area (Å²) in [5.41, 5.74) is 6.56. The van der Waals surface area contributed by atoms with Crippen LogP contribution in [0.15, 0.2) is 99.9 Å². The molecule has 1 heterocycles. The third kappa shape index (κ3) is 2.54. The van der Waals surface area contributed by atoms with Crippen LogP contribution in [0.4, 0.5) is 0 Å². The van der Waals surface area contributed by atoms with Crippen LogP contribution in [0, 0.1) is 0 Å². The Morgan fingerprint density at radius 1 is 0.577 bits per heavy atom. The van der Waals surface area contributed by atoms with Crippen molar-refractivity contribution in [2.45, 2.75) is 0 Å². The molecule has 0 bridgehead atoms. The lowest BCUT2D eigenvalue weighted by molar-refractivity contribution is 0.670. The largest absolute Gasteiger partial charge is 0.455 e. The van der Waals surface area contributed by atoms with E-state index in [-0.39, 0.29) is 0 Å². The molecule has 4 aromatic carbocycles. The molecule has 0 fully saturated rings. The molecule has 0 amide bonds. The first kappa shape index (κ1) is 15.4. The molecular weight excluding hydrogens is 384 g/mol. The fourth-order valence-electron chi connectivity index (χ4n) is 3.48. The minimum Gasteiger partial charge on any atom is -0.455 e. The lowest BCUT2D eigenvalue weighted by Gasteiger charge is -2.07. The van der Waals surface area contributed by atoms with Crippen molar-refractivity contribution in [3.63, 3.8) is 0 Å². The summed E-state index contributed by atoms with van der Waals surface area (Å²) in [6, 6.07) is 31.6. The number of hydrogen-bond donors (Lipinski definition) is 0. The molecule has 1 nitrogen and oxygen atoms in total. The molecule has 0 aliphatic heterocycles. The molecule has 0 spiro atoms. The van der Waals surface area contributed by atoms with E-state index in [1.807, 2.05) is 12.1 Å². The van der Waals surface area contributed by atoms with Crippen molar-refractivity contribution in [3.05, 3.63) is 95.5 Å². The summed E-state index contributed by atoms with van der Waals surface area (Å²) in [4.78, 5) is 0. The van der Waals surface area contributed by atoms with E-state index in [1.165, 1.54) is 11.1 Å². The monoisotopic (exact) mass is 398 g/mol. The van der Waals surface area contributed by atoms with Gasteiger partial charge in [-0.1, -0.05) is 82.7 Å². The molecule has 0 aliphatic carbocycles. The second-order valence-electron chi connectivity index (χ2n) is 6.37. The fourth-order valence-corrected chi connectivity index (χ4v) is 3.75. The van der Waals surface area contributed by atoms with Crippen LogP contribution in [0.2, 0.25) is 0 Å². The molecule has 26 heavy (non-hydrogen) atoms. The highest BCUT2D eigenvalue weighted by Gasteiger charge is 2.12. The van der Waals surface area contributed by atoms with Crippen LogP contribution in [0.25, 0.3) is 44.2 Å². The Bertz CT molecular complexity index is 1230. The predicted octanol–water partition coefficient (Wildman–Crippen LogP) is 7.68. The lowest BCUT2D eigenvalue weighted by atomic mass is 9.98. The van der Waals surface area contributed by atoms with E-state index >= 15 is 0 Å². The van der Waals surface area contributed by atoms with Gasteiger partial charge in [-0.25, -0.2) is 0 Å². The minimum absolute atomic E-state index is 0.930. The Morgan fingerprint density at radius 3 is 2.19 bits per heavy atom. The molecule has 0 N–H and O–H groups in total. The quantitative estimate of drug-likeness (QED) is 0.297. The summed E-state index contributed by atoms with van der Waals surface area (Å²) >= 11 is 3.50. The molecule has 0 saturated heterocycles. The van der Waals surface area contributed by atoms with Crippen LogP contribution in [0.3, 0.4) is 0 Å². The summed E-state index contributed by atoms with van der Waals surface area (Å²) < 4.78 is 7.28. The van der Waals surface area contributed by atoms with Crippen LogP contribution in [0.5, 0.6) is 0 Å². The molecule has 0 atom stereocenters. The number of rotatable bonds is 2. The average molecular weight is 399 g/mol. The van der Waals surface area contributed by atoms with Gasteiger partial charge in [0.05, 0.1) is 0 Å². The van der Waals surface area contributed by atoms with Crippen molar-refractivity contribution < 1.29 is 4.42 Å². The average Bonchev–Trinajstić information content (AvgIpc) is 3.07. The Hall–Kier alpha value is -2.84. The van der Waals surface area contributed by atoms with Crippen molar-refractivity contribution in [2.24, 2.45) is 0 Å². The van der Waals surface area contributed by atoms with Gasteiger partial charge in [-0.15, -0.1) is 0 Å². The van der Waals surface area contributed by atoms with Gasteiger partial charge in [-0.05, 0) is 41.0 Å². The van der Waals surface area contributed by atoms with Crippen molar-refractivity contribution >= 4 is 37.9 Å². The fraction of sp³-hybridized carbons (Fsp3) is 0. The smallest absolute Gasteiger partial charge is 0.143 e. The van der Waals surface area contributed by atoms with Gasteiger partial charge < -0.3 is 4.42 Å². The molecule has 0 radical (unpaired) electrons. The third-order valence-electron chi connectivity index (χ3n) is 4.76. The van der Waals surface area contributed by atoms with Gasteiger partial charge in [0.2, 0.25) is 0 Å². The Kier molecular flexibility index (Phi) is 3.65. The molecule has 0 saturated carbocycles. The van der Waals surface area contributed by atoms with E-state index < -0.39 is 0 Å². The maximum absolute atomic E-state index is 6.19. The molecular formula is C24H15BrO. The van der Waals surface area contributed by atoms with Crippen LogP contribution in [-0.2, 0) is 0 Å². The first-order valence-electron chi connectivity index (χ1n) is 8.56. The first-order valence-corrected chi connectivity index (χ1v) is 9.35. The molecule has 1 aromatic heterocycles. The maximum Gasteiger partial charge on any atom is 0.143 e. The standard InChI is InChI=1S/C24H15BrO/c25-19-13-11-16(12-14-19)17-5-3-6-18(15-17)20-8-4-9-22-21-7-1-2-10-23(21)26-24(20)22/h1-15H. The number of benzene rings is 4. The number of fused-ring (bicyclic) bond motifs is 3. The SMILES string of the molecule is Brc1ccc(-c2cccc(-c3cccc4c3oc3ccccc34)c2)cc1. The topological polar surface area (TPSA) is 13.1 Å². The minimum atomic E-state index is 0.930. The second kappa shape index (κ2) is 6.15. The van der Waals surface area contributed by atoms with Gasteiger partial charge in [0.15, 0.2) is 0 Å². The summed E-state index contributed by atoms with van der Waals surface area (Å²) in [6.45, 7) is 0. The van der Waals surface area contributed by atoms with Gasteiger partial charge in [0.25, 0.3) is 0 Å². The van der Waals surface area contributed by atoms with Crippen molar-refractivity contribution in [2.75, 3.05) is 0 Å². The highest BCUT2D eigenvalue weighted by Crippen LogP contribution is 2.36. The number of hydrogen-bond acceptors (Lipinski definition) is 1. The number of furan rings is 1. The Balaban J connectivity index is 1.71. The zero-order valence-electron chi connectivity index (χ0n) is 13.9. The predicted molar refractivity (Wildman–Crippen MR) is 112 cm³/mol. The Morgan fingerprint density at radius 2 is 1.31 bits per heavy atom. The van der Waals surface area contributed by atoms with E-state index in [0.717, 1.165) is 37.5 Å². The van der Waals surface area contributed by atoms with Gasteiger partial charge in [-0.2, -0.15) is 0 Å². The highest BCUT2D eigenvalue weighted by molar-refractivity contribution is 9.10. The highest BCUT2D eigenvalue weighted by atomic mass is 79.9. The third-order valence-corrected chi connectivity index (χ3v) is 5.28. The van der Waals surface area contributed by atoms with E-state index in [0.29, 0.717) is 0 Å². The Labute approximate surface area is 160 Å². The summed E-state index contributed by atoms with van der Waals surface area (Å²) in [6.07, 6.45) is 0. The molecule has 2 heteroatoms. The van der Waals surface area contributed by atoms with Gasteiger partial charge in [-0.3, -0.25) is 0 Å². The van der Waals surface area contributed by atoms with Crippen molar-refractivity contribution in [1.82, 2.24) is 0 Å². The number of para-hydroxylation sites is 2. The van der Waals surface area contributed by atoms with Crippen molar-refractivity contribution in [3.8, 4) is 22.3 Å². The molecule has 124 valence electrons. The maximum atomic E-state index is 6.19. The summed E-state index contributed by atoms with van der Waals surface area (Å²) in [5.74, 6) is 0. The van der Waals surface area contributed by atoms with Crippen LogP contribution >= 0.6 is 15.9 Å². The normalized spacial score (nSPS) is 11.3. The summed E-state index contributed by atoms with van der Waals surface area (Å²) in [7, 11) is 0. The van der Waals surface area contributed by atoms with Gasteiger partial charge in [0.1, 0.15) is 11.2 Å². The molecule has 5 aromatic rings. The van der Waals surface area contributed by atoms with Crippen LogP contribution < -0.4 is 0 Å². The zero-order chi connectivity index (χ0) is 17.5. The van der Waals surface area contributed by atoms with Crippen LogP contribution in [0.1, 0.15) is 0 Å². The van der Waals surface area contributed by atoms with Crippen LogP contribution in [-0.4, -0.2) is 0 Å². The number of halogens is 1. The van der Waals surface area contributed by atoms with Crippen molar-refractivity contribution in [1.29, 1.82) is 0 Å².